The van der Waals surface area contributed by atoms with Crippen molar-refractivity contribution in [1.29, 1.82) is 0 Å². The second-order valence-electron chi connectivity index (χ2n) is 5.29. The molecule has 1 heterocycles. The highest BCUT2D eigenvalue weighted by atomic mass is 127. The number of piperazine rings is 1. The Kier molecular flexibility index (Phi) is 11.2. The second kappa shape index (κ2) is 10.8. The monoisotopic (exact) mass is 612 g/mol. The normalized spacial score (nSPS) is 16.9. The van der Waals surface area contributed by atoms with Crippen molar-refractivity contribution in [2.24, 2.45) is 0 Å². The van der Waals surface area contributed by atoms with Gasteiger partial charge in [-0.05, 0) is 69.3 Å². The highest BCUT2D eigenvalue weighted by molar-refractivity contribution is 14.1. The average molecular weight is 613 g/mol. The SMILES string of the molecule is Cl.Cl.Oc1c(I)cc([C@H](CCC(F)(F)F)N2CCNCC2)cc1I. The van der Waals surface area contributed by atoms with E-state index in [2.05, 4.69) is 10.2 Å². The Morgan fingerprint density at radius 3 is 2.08 bits per heavy atom. The Labute approximate surface area is 179 Å². The molecule has 0 saturated carbocycles. The molecule has 1 aromatic carbocycles. The van der Waals surface area contributed by atoms with Gasteiger partial charge in [0.1, 0.15) is 5.75 Å². The van der Waals surface area contributed by atoms with Gasteiger partial charge in [-0.15, -0.1) is 24.8 Å². The molecule has 0 bridgehead atoms. The largest absolute Gasteiger partial charge is 0.506 e. The van der Waals surface area contributed by atoms with Crippen molar-refractivity contribution in [3.05, 3.63) is 24.8 Å². The lowest BCUT2D eigenvalue weighted by Gasteiger charge is -2.35. The molecule has 1 aliphatic heterocycles. The minimum absolute atomic E-state index is 0. The molecular weight excluding hydrogens is 594 g/mol. The van der Waals surface area contributed by atoms with Gasteiger partial charge in [0.05, 0.1) is 7.14 Å². The lowest BCUT2D eigenvalue weighted by atomic mass is 9.99. The van der Waals surface area contributed by atoms with E-state index in [0.717, 1.165) is 31.7 Å². The van der Waals surface area contributed by atoms with Crippen molar-refractivity contribution < 1.29 is 18.3 Å². The van der Waals surface area contributed by atoms with Gasteiger partial charge in [-0.1, -0.05) is 0 Å². The van der Waals surface area contributed by atoms with Crippen LogP contribution in [0.2, 0.25) is 0 Å². The minimum atomic E-state index is -4.15. The van der Waals surface area contributed by atoms with Gasteiger partial charge in [-0.3, -0.25) is 4.90 Å². The molecule has 1 saturated heterocycles. The summed E-state index contributed by atoms with van der Waals surface area (Å²) in [4.78, 5) is 2.10. The fraction of sp³-hybridized carbons (Fsp3) is 0.571. The smallest absolute Gasteiger partial charge is 0.389 e. The van der Waals surface area contributed by atoms with Crippen LogP contribution in [0, 0.1) is 7.14 Å². The Morgan fingerprint density at radius 2 is 1.62 bits per heavy atom. The van der Waals surface area contributed by atoms with E-state index in [9.17, 15) is 18.3 Å². The number of phenolic OH excluding ortho intramolecular Hbond substituents is 1. The summed E-state index contributed by atoms with van der Waals surface area (Å²) in [5.41, 5.74) is 0.845. The lowest BCUT2D eigenvalue weighted by molar-refractivity contribution is -0.138. The van der Waals surface area contributed by atoms with E-state index < -0.39 is 12.6 Å². The predicted octanol–water partition coefficient (Wildman–Crippen LogP) is 4.73. The van der Waals surface area contributed by atoms with Crippen LogP contribution < -0.4 is 5.32 Å². The number of halogens is 7. The second-order valence-corrected chi connectivity index (χ2v) is 7.61. The number of rotatable bonds is 4. The van der Waals surface area contributed by atoms with Crippen LogP contribution in [0.25, 0.3) is 0 Å². The van der Waals surface area contributed by atoms with E-state index in [-0.39, 0.29) is 43.0 Å². The summed E-state index contributed by atoms with van der Waals surface area (Å²) >= 11 is 4.03. The quantitative estimate of drug-likeness (QED) is 0.483. The number of nitrogens with one attached hydrogen (secondary N) is 1. The van der Waals surface area contributed by atoms with Gasteiger partial charge in [0.25, 0.3) is 0 Å². The van der Waals surface area contributed by atoms with Gasteiger partial charge in [0.2, 0.25) is 0 Å². The molecule has 0 aliphatic carbocycles. The minimum Gasteiger partial charge on any atom is -0.506 e. The van der Waals surface area contributed by atoms with E-state index in [1.54, 1.807) is 12.1 Å². The van der Waals surface area contributed by atoms with E-state index in [4.69, 9.17) is 0 Å². The Bertz CT molecular complexity index is 506. The third kappa shape index (κ3) is 7.18. The zero-order valence-corrected chi connectivity index (χ0v) is 18.5. The third-order valence-corrected chi connectivity index (χ3v) is 5.36. The summed E-state index contributed by atoms with van der Waals surface area (Å²) in [5, 5.41) is 13.1. The van der Waals surface area contributed by atoms with Crippen molar-refractivity contribution in [2.75, 3.05) is 26.2 Å². The van der Waals surface area contributed by atoms with Gasteiger partial charge >= 0.3 is 6.18 Å². The van der Waals surface area contributed by atoms with Crippen LogP contribution in [-0.4, -0.2) is 42.4 Å². The molecule has 3 nitrogen and oxygen atoms in total. The van der Waals surface area contributed by atoms with Gasteiger partial charge in [0, 0.05) is 38.6 Å². The third-order valence-electron chi connectivity index (χ3n) is 3.72. The number of hydrogen-bond acceptors (Lipinski definition) is 3. The Hall–Kier alpha value is 0.770. The Morgan fingerprint density at radius 1 is 1.12 bits per heavy atom. The number of hydrogen-bond donors (Lipinski definition) is 2. The molecule has 1 atom stereocenters. The summed E-state index contributed by atoms with van der Waals surface area (Å²) in [5.74, 6) is 0.194. The van der Waals surface area contributed by atoms with Crippen molar-refractivity contribution in [2.45, 2.75) is 25.1 Å². The molecule has 1 aromatic rings. The topological polar surface area (TPSA) is 35.5 Å². The first kappa shape index (κ1) is 24.8. The van der Waals surface area contributed by atoms with Crippen molar-refractivity contribution >= 4 is 70.0 Å². The van der Waals surface area contributed by atoms with E-state index in [1.165, 1.54) is 0 Å². The highest BCUT2D eigenvalue weighted by Crippen LogP contribution is 2.36. The molecule has 0 amide bonds. The van der Waals surface area contributed by atoms with Crippen LogP contribution in [0.1, 0.15) is 24.4 Å². The molecule has 140 valence electrons. The molecule has 0 unspecified atom stereocenters. The van der Waals surface area contributed by atoms with E-state index in [0.29, 0.717) is 7.14 Å². The maximum atomic E-state index is 12.6. The maximum Gasteiger partial charge on any atom is 0.389 e. The number of aromatic hydroxyl groups is 1. The molecule has 2 N–H and O–H groups in total. The Balaban J connectivity index is 0.00000264. The fourth-order valence-electron chi connectivity index (χ4n) is 2.63. The van der Waals surface area contributed by atoms with Gasteiger partial charge in [-0.2, -0.15) is 13.2 Å². The van der Waals surface area contributed by atoms with Crippen LogP contribution in [0.5, 0.6) is 5.75 Å². The first-order valence-electron chi connectivity index (χ1n) is 6.97. The van der Waals surface area contributed by atoms with Crippen LogP contribution in [-0.2, 0) is 0 Å². The summed E-state index contributed by atoms with van der Waals surface area (Å²) in [6, 6.07) is 3.31. The average Bonchev–Trinajstić information content (AvgIpc) is 2.45. The molecular formula is C14H19Cl2F3I2N2O. The zero-order valence-electron chi connectivity index (χ0n) is 12.6. The molecule has 24 heavy (non-hydrogen) atoms. The van der Waals surface area contributed by atoms with E-state index >= 15 is 0 Å². The first-order chi connectivity index (χ1) is 10.3. The van der Waals surface area contributed by atoms with E-state index in [1.807, 2.05) is 45.2 Å². The van der Waals surface area contributed by atoms with Crippen LogP contribution in [0.4, 0.5) is 13.2 Å². The number of benzene rings is 1. The number of alkyl halides is 3. The summed E-state index contributed by atoms with van der Waals surface area (Å²) in [7, 11) is 0. The highest BCUT2D eigenvalue weighted by Gasteiger charge is 2.31. The molecule has 0 radical (unpaired) electrons. The number of phenols is 1. The maximum absolute atomic E-state index is 12.6. The zero-order chi connectivity index (χ0) is 16.3. The van der Waals surface area contributed by atoms with Crippen LogP contribution in [0.15, 0.2) is 12.1 Å². The summed E-state index contributed by atoms with van der Waals surface area (Å²) in [6.07, 6.45) is -4.90. The lowest BCUT2D eigenvalue weighted by Crippen LogP contribution is -2.45. The summed E-state index contributed by atoms with van der Waals surface area (Å²) in [6.45, 7) is 3.04. The van der Waals surface area contributed by atoms with Gasteiger partial charge < -0.3 is 10.4 Å². The molecule has 0 spiro atoms. The fourth-order valence-corrected chi connectivity index (χ4v) is 4.45. The van der Waals surface area contributed by atoms with Crippen molar-refractivity contribution in [1.82, 2.24) is 10.2 Å². The van der Waals surface area contributed by atoms with Gasteiger partial charge in [0.15, 0.2) is 0 Å². The van der Waals surface area contributed by atoms with Crippen LogP contribution in [0.3, 0.4) is 0 Å². The summed E-state index contributed by atoms with van der Waals surface area (Å²) < 4.78 is 39.3. The molecule has 1 fully saturated rings. The first-order valence-corrected chi connectivity index (χ1v) is 9.13. The van der Waals surface area contributed by atoms with Crippen molar-refractivity contribution in [3.8, 4) is 5.75 Å². The number of nitrogens with zero attached hydrogens (tertiary/aromatic N) is 1. The molecule has 10 heteroatoms. The van der Waals surface area contributed by atoms with Gasteiger partial charge in [-0.25, -0.2) is 0 Å². The predicted molar refractivity (Wildman–Crippen MR) is 111 cm³/mol. The van der Waals surface area contributed by atoms with Crippen molar-refractivity contribution in [3.63, 3.8) is 0 Å². The molecule has 0 aromatic heterocycles. The standard InChI is InChI=1S/C14H17F3I2N2O.2ClH/c15-14(16,17)2-1-12(21-5-3-20-4-6-21)9-7-10(18)13(22)11(19)8-9;;/h7-8,12,20,22H,1-6H2;2*1H/t12-;;/m0../s1. The van der Waals surface area contributed by atoms with Crippen LogP contribution >= 0.6 is 70.0 Å². The molecule has 1 aliphatic rings. The molecule has 2 rings (SSSR count).